The average Bonchev–Trinajstić information content (AvgIpc) is 2.44. The minimum Gasteiger partial charge on any atom is -0.467 e. The van der Waals surface area contributed by atoms with Gasteiger partial charge in [0, 0.05) is 5.56 Å². The van der Waals surface area contributed by atoms with E-state index in [1.807, 2.05) is 0 Å². The van der Waals surface area contributed by atoms with Crippen LogP contribution in [0, 0.1) is 0 Å². The van der Waals surface area contributed by atoms with Crippen molar-refractivity contribution < 1.29 is 37.3 Å². The van der Waals surface area contributed by atoms with E-state index in [1.54, 1.807) is 0 Å². The summed E-state index contributed by atoms with van der Waals surface area (Å²) in [6.07, 6.45) is -4.92. The molecule has 0 saturated heterocycles. The molecule has 0 spiro atoms. The lowest BCUT2D eigenvalue weighted by molar-refractivity contribution is -0.274. The van der Waals surface area contributed by atoms with E-state index < -0.39 is 41.7 Å². The second-order valence-electron chi connectivity index (χ2n) is 3.92. The van der Waals surface area contributed by atoms with Crippen LogP contribution in [0.15, 0.2) is 18.2 Å². The fourth-order valence-corrected chi connectivity index (χ4v) is 1.63. The van der Waals surface area contributed by atoms with Crippen LogP contribution in [0.3, 0.4) is 0 Å². The van der Waals surface area contributed by atoms with Gasteiger partial charge in [-0.05, 0) is 18.2 Å². The Morgan fingerprint density at radius 1 is 1.41 bits per heavy atom. The lowest BCUT2D eigenvalue weighted by atomic mass is 10.2. The molecule has 0 unspecified atom stereocenters. The van der Waals surface area contributed by atoms with Gasteiger partial charge in [0.1, 0.15) is 5.75 Å². The molecule has 0 heterocycles. The lowest BCUT2D eigenvalue weighted by Crippen LogP contribution is -2.44. The number of esters is 1. The van der Waals surface area contributed by atoms with Crippen molar-refractivity contribution in [2.24, 2.45) is 0 Å². The third-order valence-corrected chi connectivity index (χ3v) is 2.69. The van der Waals surface area contributed by atoms with Gasteiger partial charge in [0.05, 0.1) is 18.7 Å². The summed E-state index contributed by atoms with van der Waals surface area (Å²) in [5.74, 6) is -2.37. The van der Waals surface area contributed by atoms with Crippen LogP contribution in [-0.4, -0.2) is 43.1 Å². The zero-order valence-electron chi connectivity index (χ0n) is 11.1. The summed E-state index contributed by atoms with van der Waals surface area (Å²) >= 11 is 5.59. The van der Waals surface area contributed by atoms with Crippen LogP contribution in [0.4, 0.5) is 13.2 Å². The maximum Gasteiger partial charge on any atom is 0.573 e. The summed E-state index contributed by atoms with van der Waals surface area (Å²) in [5, 5.41) is 10.7. The molecule has 10 heteroatoms. The Bertz CT molecular complexity index is 564. The van der Waals surface area contributed by atoms with Crippen LogP contribution in [0.5, 0.6) is 5.75 Å². The molecule has 0 aromatic heterocycles. The zero-order chi connectivity index (χ0) is 16.9. The number of alkyl halides is 3. The molecule has 2 N–H and O–H groups in total. The molecule has 0 radical (unpaired) electrons. The van der Waals surface area contributed by atoms with Gasteiger partial charge in [-0.3, -0.25) is 4.79 Å². The van der Waals surface area contributed by atoms with Crippen molar-refractivity contribution >= 4 is 23.5 Å². The molecular weight excluding hydrogens is 331 g/mol. The summed E-state index contributed by atoms with van der Waals surface area (Å²) < 4.78 is 44.3. The van der Waals surface area contributed by atoms with E-state index >= 15 is 0 Å². The summed E-state index contributed by atoms with van der Waals surface area (Å²) in [6, 6.07) is 1.51. The number of amides is 1. The normalized spacial score (nSPS) is 12.5. The van der Waals surface area contributed by atoms with Crippen LogP contribution in [0.1, 0.15) is 10.4 Å². The van der Waals surface area contributed by atoms with Crippen molar-refractivity contribution in [3.63, 3.8) is 0 Å². The first-order valence-corrected chi connectivity index (χ1v) is 6.10. The number of carbonyl (C=O) groups excluding carboxylic acids is 2. The van der Waals surface area contributed by atoms with Gasteiger partial charge >= 0.3 is 12.3 Å². The highest BCUT2D eigenvalue weighted by atomic mass is 35.5. The predicted octanol–water partition coefficient (Wildman–Crippen LogP) is 1.50. The summed E-state index contributed by atoms with van der Waals surface area (Å²) in [4.78, 5) is 23.1. The molecule has 0 saturated carbocycles. The van der Waals surface area contributed by atoms with Crippen LogP contribution in [-0.2, 0) is 9.53 Å². The van der Waals surface area contributed by atoms with Gasteiger partial charge < -0.3 is 19.9 Å². The zero-order valence-corrected chi connectivity index (χ0v) is 11.9. The number of methoxy groups -OCH3 is 1. The highest BCUT2D eigenvalue weighted by Crippen LogP contribution is 2.30. The minimum absolute atomic E-state index is 0.123. The third kappa shape index (κ3) is 5.08. The van der Waals surface area contributed by atoms with Gasteiger partial charge in [0.15, 0.2) is 6.04 Å². The molecule has 122 valence electrons. The van der Waals surface area contributed by atoms with Gasteiger partial charge in [0.2, 0.25) is 0 Å². The fraction of sp³-hybridized carbons (Fsp3) is 0.333. The van der Waals surface area contributed by atoms with Crippen molar-refractivity contribution in [2.75, 3.05) is 13.7 Å². The number of rotatable bonds is 5. The van der Waals surface area contributed by atoms with Gasteiger partial charge in [-0.15, -0.1) is 13.2 Å². The van der Waals surface area contributed by atoms with E-state index in [4.69, 9.17) is 16.7 Å². The molecular formula is C12H11ClF3NO5. The number of carbonyl (C=O) groups is 2. The lowest BCUT2D eigenvalue weighted by Gasteiger charge is -2.15. The Kier molecular flexibility index (Phi) is 6.01. The Hall–Kier alpha value is -2.00. The Morgan fingerprint density at radius 3 is 2.50 bits per heavy atom. The number of benzene rings is 1. The number of hydrogen-bond acceptors (Lipinski definition) is 5. The topological polar surface area (TPSA) is 84.9 Å². The van der Waals surface area contributed by atoms with Crippen molar-refractivity contribution in [3.05, 3.63) is 28.8 Å². The molecule has 1 aromatic carbocycles. The largest absolute Gasteiger partial charge is 0.573 e. The monoisotopic (exact) mass is 341 g/mol. The van der Waals surface area contributed by atoms with Crippen LogP contribution >= 0.6 is 11.6 Å². The summed E-state index contributed by atoms with van der Waals surface area (Å²) in [5.41, 5.74) is -0.123. The van der Waals surface area contributed by atoms with E-state index in [1.165, 1.54) is 0 Å². The molecule has 0 bridgehead atoms. The van der Waals surface area contributed by atoms with Crippen LogP contribution < -0.4 is 10.1 Å². The Morgan fingerprint density at radius 2 is 2.05 bits per heavy atom. The van der Waals surface area contributed by atoms with Crippen molar-refractivity contribution in [1.82, 2.24) is 5.32 Å². The molecule has 0 fully saturated rings. The minimum atomic E-state index is -4.92. The van der Waals surface area contributed by atoms with E-state index in [0.29, 0.717) is 0 Å². The van der Waals surface area contributed by atoms with Gasteiger partial charge in [0.25, 0.3) is 5.91 Å². The summed E-state index contributed by atoms with van der Waals surface area (Å²) in [6.45, 7) is -0.707. The van der Waals surface area contributed by atoms with E-state index in [2.05, 4.69) is 14.8 Å². The fourth-order valence-electron chi connectivity index (χ4n) is 1.41. The van der Waals surface area contributed by atoms with Crippen molar-refractivity contribution in [3.8, 4) is 5.75 Å². The second-order valence-corrected chi connectivity index (χ2v) is 4.33. The number of aliphatic hydroxyl groups excluding tert-OH is 1. The maximum absolute atomic E-state index is 12.1. The molecule has 1 aromatic rings. The molecule has 0 aliphatic carbocycles. The van der Waals surface area contributed by atoms with Crippen molar-refractivity contribution in [2.45, 2.75) is 12.4 Å². The van der Waals surface area contributed by atoms with Crippen LogP contribution in [0.25, 0.3) is 0 Å². The molecule has 0 aliphatic heterocycles. The maximum atomic E-state index is 12.1. The molecule has 1 amide bonds. The van der Waals surface area contributed by atoms with Gasteiger partial charge in [-0.1, -0.05) is 11.6 Å². The Balaban J connectivity index is 2.87. The first kappa shape index (κ1) is 18.1. The highest BCUT2D eigenvalue weighted by Gasteiger charge is 2.32. The SMILES string of the molecule is COC(=O)[C@@H](CO)NC(=O)c1ccc(OC(F)(F)F)c(Cl)c1. The number of halogens is 4. The van der Waals surface area contributed by atoms with Gasteiger partial charge in [-0.2, -0.15) is 0 Å². The van der Waals surface area contributed by atoms with E-state index in [-0.39, 0.29) is 5.56 Å². The molecule has 0 aliphatic rings. The quantitative estimate of drug-likeness (QED) is 0.793. The van der Waals surface area contributed by atoms with E-state index in [9.17, 15) is 22.8 Å². The average molecular weight is 342 g/mol. The number of aliphatic hydroxyl groups is 1. The van der Waals surface area contributed by atoms with Crippen molar-refractivity contribution in [1.29, 1.82) is 0 Å². The van der Waals surface area contributed by atoms with Crippen LogP contribution in [0.2, 0.25) is 5.02 Å². The first-order chi connectivity index (χ1) is 10.2. The summed E-state index contributed by atoms with van der Waals surface area (Å²) in [7, 11) is 1.07. The first-order valence-electron chi connectivity index (χ1n) is 5.72. The highest BCUT2D eigenvalue weighted by molar-refractivity contribution is 6.32. The molecule has 1 rings (SSSR count). The number of nitrogens with one attached hydrogen (secondary N) is 1. The van der Waals surface area contributed by atoms with Gasteiger partial charge in [-0.25, -0.2) is 4.79 Å². The predicted molar refractivity (Wildman–Crippen MR) is 68.5 cm³/mol. The molecule has 22 heavy (non-hydrogen) atoms. The smallest absolute Gasteiger partial charge is 0.467 e. The Labute approximate surface area is 127 Å². The molecule has 6 nitrogen and oxygen atoms in total. The second kappa shape index (κ2) is 7.32. The number of ether oxygens (including phenoxy) is 2. The standard InChI is InChI=1S/C12H11ClF3NO5/c1-21-11(20)8(5-18)17-10(19)6-2-3-9(7(13)4-6)22-12(14,15)16/h2-4,8,18H,5H2,1H3,(H,17,19)/t8-/m1/s1. The number of hydrogen-bond donors (Lipinski definition) is 2. The third-order valence-electron chi connectivity index (χ3n) is 2.39. The van der Waals surface area contributed by atoms with E-state index in [0.717, 1.165) is 25.3 Å². The molecule has 1 atom stereocenters.